The van der Waals surface area contributed by atoms with Crippen LogP contribution in [0, 0.1) is 48.7 Å². The summed E-state index contributed by atoms with van der Waals surface area (Å²) in [4.78, 5) is 204. The van der Waals surface area contributed by atoms with Gasteiger partial charge in [-0.1, -0.05) is 111 Å². The van der Waals surface area contributed by atoms with Crippen molar-refractivity contribution in [2.24, 2.45) is 48.7 Å². The van der Waals surface area contributed by atoms with Crippen LogP contribution in [0.25, 0.3) is 0 Å². The highest BCUT2D eigenvalue weighted by molar-refractivity contribution is 6.15. The van der Waals surface area contributed by atoms with Crippen LogP contribution >= 0.6 is 0 Å². The number of ether oxygens (including phenoxy) is 8. The van der Waals surface area contributed by atoms with Crippen molar-refractivity contribution in [2.45, 2.75) is 162 Å². The molecule has 4 aliphatic heterocycles. The lowest BCUT2D eigenvalue weighted by molar-refractivity contribution is -0.139. The molecule has 0 radical (unpaired) electrons. The predicted octanol–water partition coefficient (Wildman–Crippen LogP) is 2.07. The van der Waals surface area contributed by atoms with E-state index < -0.39 is 96.0 Å². The number of carbonyl (C=O) groups excluding carboxylic acids is 16. The molecule has 0 aromatic rings. The first-order chi connectivity index (χ1) is 56.4. The molecule has 4 rings (SSSR count). The molecule has 4 heterocycles. The van der Waals surface area contributed by atoms with E-state index in [1.807, 2.05) is 111 Å². The minimum absolute atomic E-state index is 0.0375. The van der Waals surface area contributed by atoms with Gasteiger partial charge in [0, 0.05) is 222 Å². The predicted molar refractivity (Wildman–Crippen MR) is 444 cm³/mol. The Kier molecular flexibility index (Phi) is 42.5. The minimum atomic E-state index is -1.17. The zero-order chi connectivity index (χ0) is 90.5. The number of nitrogens with one attached hydrogen (secondary N) is 8. The van der Waals surface area contributed by atoms with Crippen LogP contribution in [-0.2, 0) is 115 Å². The number of hydrogen-bond donors (Lipinski definition) is 8. The Balaban J connectivity index is 1.40. The fourth-order valence-electron chi connectivity index (χ4n) is 11.8. The second-order valence-corrected chi connectivity index (χ2v) is 37.9. The molecule has 0 bridgehead atoms. The number of carbonyl (C=O) groups is 16. The summed E-state index contributed by atoms with van der Waals surface area (Å²) in [6.45, 7) is 33.8. The van der Waals surface area contributed by atoms with E-state index in [0.29, 0.717) is 0 Å². The largest absolute Gasteiger partial charge is 0.380 e. The fraction of sp³-hybridized carbons (Fsp3) is 0.718. The number of rotatable bonds is 64. The van der Waals surface area contributed by atoms with Gasteiger partial charge in [0.05, 0.1) is 111 Å². The summed E-state index contributed by atoms with van der Waals surface area (Å²) in [6.07, 6.45) is 8.82. The van der Waals surface area contributed by atoms with Gasteiger partial charge in [-0.3, -0.25) is 96.3 Å². The summed E-state index contributed by atoms with van der Waals surface area (Å²) >= 11 is 0. The summed E-state index contributed by atoms with van der Waals surface area (Å²) < 4.78 is 49.6. The smallest absolute Gasteiger partial charge is 0.253 e. The van der Waals surface area contributed by atoms with Crippen LogP contribution in [0.1, 0.15) is 162 Å². The zero-order valence-electron chi connectivity index (χ0n) is 74.2. The van der Waals surface area contributed by atoms with Crippen molar-refractivity contribution in [3.8, 4) is 0 Å². The van der Waals surface area contributed by atoms with Crippen molar-refractivity contribution in [3.63, 3.8) is 0 Å². The summed E-state index contributed by atoms with van der Waals surface area (Å²) in [6, 6.07) is 0. The van der Waals surface area contributed by atoms with Gasteiger partial charge in [-0.25, -0.2) is 0 Å². The molecule has 4 aliphatic rings. The molecule has 0 spiro atoms. The molecule has 0 aromatic carbocycles. The van der Waals surface area contributed by atoms with Crippen molar-refractivity contribution in [1.82, 2.24) is 62.1 Å². The number of hydrogen-bond acceptors (Lipinski definition) is 24. The van der Waals surface area contributed by atoms with Crippen LogP contribution in [-0.4, -0.2) is 298 Å². The number of amides is 16. The Morgan fingerprint density at radius 1 is 0.215 bits per heavy atom. The molecule has 0 aromatic heterocycles. The van der Waals surface area contributed by atoms with Gasteiger partial charge in [0.1, 0.15) is 0 Å². The molecule has 36 nitrogen and oxygen atoms in total. The lowest BCUT2D eigenvalue weighted by Gasteiger charge is -2.33. The van der Waals surface area contributed by atoms with Crippen LogP contribution in [0.2, 0.25) is 0 Å². The highest BCUT2D eigenvalue weighted by Gasteiger charge is 2.36. The van der Waals surface area contributed by atoms with E-state index in [1.54, 1.807) is 0 Å². The third-order valence-electron chi connectivity index (χ3n) is 19.4. The van der Waals surface area contributed by atoms with Crippen molar-refractivity contribution >= 4 is 94.5 Å². The van der Waals surface area contributed by atoms with E-state index in [2.05, 4.69) is 42.5 Å². The van der Waals surface area contributed by atoms with Crippen molar-refractivity contribution < 1.29 is 115 Å². The molecule has 0 atom stereocenters. The average molecular weight is 1710 g/mol. The standard InChI is InChI=1S/C85H136N12O24/c1-77(2,41-86-61(98)25-33-94-69(106)17-18-70(94)107)49-118-53-81(9,10)45-90-65(102)29-37-114-57-85(58-115-38-30-66(103)91-46-82(11,12)54-119-50-78(3,4)42-87-62(99)26-34-95-71(108)19-20-72(95)109,59-116-39-31-67(104)92-47-83(13,14)55-120-51-79(5,6)43-88-63(100)27-35-96-73(110)21-22-74(96)111)60-117-40-32-68(105)93-48-84(15,16)56-121-52-80(7,8)44-89-64(101)28-36-97-75(112)23-24-76(97)113/h17-24H,25-60H2,1-16H3,(H,86,98)(H,87,99)(H,88,100)(H,89,101)(H,90,102)(H,91,103)(H,92,104)(H,93,105). The zero-order valence-corrected chi connectivity index (χ0v) is 74.2. The molecular formula is C85H136N12O24. The van der Waals surface area contributed by atoms with Gasteiger partial charge >= 0.3 is 0 Å². The maximum absolute atomic E-state index is 13.5. The summed E-state index contributed by atoms with van der Waals surface area (Å²) in [5.41, 5.74) is -5.32. The second kappa shape index (κ2) is 49.3. The molecule has 8 N–H and O–H groups in total. The third-order valence-corrected chi connectivity index (χ3v) is 19.4. The van der Waals surface area contributed by atoms with E-state index in [9.17, 15) is 76.7 Å². The maximum Gasteiger partial charge on any atom is 0.253 e. The van der Waals surface area contributed by atoms with Crippen molar-refractivity contribution in [2.75, 3.05) is 184 Å². The number of imide groups is 4. The Morgan fingerprint density at radius 2 is 0.347 bits per heavy atom. The molecule has 0 saturated heterocycles. The molecule has 0 unspecified atom stereocenters. The van der Waals surface area contributed by atoms with Gasteiger partial charge in [0.2, 0.25) is 47.3 Å². The Morgan fingerprint density at radius 3 is 0.488 bits per heavy atom. The first-order valence-corrected chi connectivity index (χ1v) is 41.3. The first kappa shape index (κ1) is 104. The van der Waals surface area contributed by atoms with E-state index in [1.165, 1.54) is 0 Å². The van der Waals surface area contributed by atoms with Crippen molar-refractivity contribution in [3.05, 3.63) is 48.6 Å². The van der Waals surface area contributed by atoms with Gasteiger partial charge in [-0.05, 0) is 0 Å². The molecule has 16 amide bonds. The SMILES string of the molecule is CC(C)(CNC(=O)CCOCC(COCCC(=O)NCC(C)(C)COCC(C)(C)CNC(=O)CCN1C(=O)C=CC1=O)(COCCC(=O)NCC(C)(C)COCC(C)(C)CNC(=O)CCN1C(=O)C=CC1=O)COCCC(=O)NCC(C)(C)COCC(C)(C)CNC(=O)CCN1C(=O)C=CC1=O)COCC(C)(C)CNC(=O)CCN1C(=O)C=CC1=O. The average Bonchev–Trinajstić information content (AvgIpc) is 1.69. The van der Waals surface area contributed by atoms with Crippen LogP contribution in [0.4, 0.5) is 0 Å². The maximum atomic E-state index is 13.5. The van der Waals surface area contributed by atoms with Gasteiger partial charge in [0.25, 0.3) is 47.3 Å². The van der Waals surface area contributed by atoms with Crippen molar-refractivity contribution in [1.29, 1.82) is 0 Å². The Bertz CT molecular complexity index is 3170. The van der Waals surface area contributed by atoms with Gasteiger partial charge in [0.15, 0.2) is 0 Å². The first-order valence-electron chi connectivity index (χ1n) is 41.3. The fourth-order valence-corrected chi connectivity index (χ4v) is 11.8. The molecule has 121 heavy (non-hydrogen) atoms. The third kappa shape index (κ3) is 43.0. The Hall–Kier alpha value is -9.04. The van der Waals surface area contributed by atoms with E-state index >= 15 is 0 Å². The van der Waals surface area contributed by atoms with E-state index in [4.69, 9.17) is 37.9 Å². The van der Waals surface area contributed by atoms with Crippen LogP contribution in [0.3, 0.4) is 0 Å². The van der Waals surface area contributed by atoms with Gasteiger partial charge in [-0.15, -0.1) is 0 Å². The highest BCUT2D eigenvalue weighted by atomic mass is 16.5. The molecule has 0 aliphatic carbocycles. The van der Waals surface area contributed by atoms with E-state index in [-0.39, 0.29) is 283 Å². The minimum Gasteiger partial charge on any atom is -0.380 e. The topological polar surface area (TPSA) is 456 Å². The molecule has 680 valence electrons. The Labute approximate surface area is 712 Å². The molecule has 0 saturated carbocycles. The molecule has 0 fully saturated rings. The highest BCUT2D eigenvalue weighted by Crippen LogP contribution is 2.26. The summed E-state index contributed by atoms with van der Waals surface area (Å²) in [7, 11) is 0. The molecule has 36 heteroatoms. The number of nitrogens with zero attached hydrogens (tertiary/aromatic N) is 4. The summed E-state index contributed by atoms with van der Waals surface area (Å²) in [5, 5.41) is 23.2. The molecular weight excluding hydrogens is 1570 g/mol. The lowest BCUT2D eigenvalue weighted by Crippen LogP contribution is -2.43. The van der Waals surface area contributed by atoms with Gasteiger partial charge in [-0.2, -0.15) is 0 Å². The van der Waals surface area contributed by atoms with Crippen LogP contribution < -0.4 is 42.5 Å². The second-order valence-electron chi connectivity index (χ2n) is 37.9. The van der Waals surface area contributed by atoms with Crippen LogP contribution in [0.5, 0.6) is 0 Å². The van der Waals surface area contributed by atoms with Gasteiger partial charge < -0.3 is 80.4 Å². The summed E-state index contributed by atoms with van der Waals surface area (Å²) in [5.74, 6) is -6.31. The lowest BCUT2D eigenvalue weighted by atomic mass is 9.92. The van der Waals surface area contributed by atoms with E-state index in [0.717, 1.165) is 68.2 Å². The monoisotopic (exact) mass is 1710 g/mol. The van der Waals surface area contributed by atoms with Crippen LogP contribution in [0.15, 0.2) is 48.6 Å². The normalized spacial score (nSPS) is 14.9. The quantitative estimate of drug-likeness (QED) is 0.0319.